The Morgan fingerprint density at radius 1 is 1.47 bits per heavy atom. The second-order valence-corrected chi connectivity index (χ2v) is 5.54. The van der Waals surface area contributed by atoms with Gasteiger partial charge in [0.05, 0.1) is 6.20 Å². The Hall–Kier alpha value is -0.870. The van der Waals surface area contributed by atoms with Crippen molar-refractivity contribution in [2.24, 2.45) is 12.8 Å². The minimum Gasteiger partial charge on any atom is -0.326 e. The molecule has 1 aromatic rings. The summed E-state index contributed by atoms with van der Waals surface area (Å²) in [5.74, 6) is 0. The van der Waals surface area contributed by atoms with E-state index in [1.54, 1.807) is 0 Å². The minimum absolute atomic E-state index is 0.190. The minimum atomic E-state index is 0.190. The van der Waals surface area contributed by atoms with E-state index in [0.29, 0.717) is 0 Å². The molecule has 0 radical (unpaired) electrons. The summed E-state index contributed by atoms with van der Waals surface area (Å²) < 4.78 is 1.85. The summed E-state index contributed by atoms with van der Waals surface area (Å²) in [4.78, 5) is 2.33. The molecule has 0 saturated heterocycles. The average Bonchev–Trinajstić information content (AvgIpc) is 2.87. The fourth-order valence-corrected chi connectivity index (χ4v) is 3.16. The lowest BCUT2D eigenvalue weighted by Crippen LogP contribution is -2.56. The van der Waals surface area contributed by atoms with Crippen LogP contribution in [0.3, 0.4) is 0 Å². The van der Waals surface area contributed by atoms with Crippen LogP contribution in [0.2, 0.25) is 0 Å². The van der Waals surface area contributed by atoms with Gasteiger partial charge in [-0.3, -0.25) is 4.68 Å². The van der Waals surface area contributed by atoms with Crippen molar-refractivity contribution < 1.29 is 0 Å². The number of likely N-dealkylation sites (N-methyl/N-ethyl adjacent to an activating group) is 1. The quantitative estimate of drug-likeness (QED) is 0.853. The van der Waals surface area contributed by atoms with Crippen LogP contribution in [0.4, 0.5) is 0 Å². The molecule has 17 heavy (non-hydrogen) atoms. The van der Waals surface area contributed by atoms with Crippen molar-refractivity contribution >= 4 is 0 Å². The van der Waals surface area contributed by atoms with Crippen LogP contribution in [0.5, 0.6) is 0 Å². The fraction of sp³-hybridized carbons (Fsp3) is 0.769. The van der Waals surface area contributed by atoms with Gasteiger partial charge in [0, 0.05) is 24.8 Å². The van der Waals surface area contributed by atoms with Crippen LogP contribution in [-0.2, 0) is 13.5 Å². The summed E-state index contributed by atoms with van der Waals surface area (Å²) >= 11 is 0. The molecule has 0 bridgehead atoms. The Bertz CT molecular complexity index is 363. The molecule has 1 aliphatic carbocycles. The van der Waals surface area contributed by atoms with Gasteiger partial charge in [0.25, 0.3) is 0 Å². The summed E-state index contributed by atoms with van der Waals surface area (Å²) in [6, 6.07) is 0.198. The molecular weight excluding hydrogens is 212 g/mol. The Kier molecular flexibility index (Phi) is 3.54. The van der Waals surface area contributed by atoms with Crippen LogP contribution < -0.4 is 5.73 Å². The van der Waals surface area contributed by atoms with Crippen LogP contribution in [0.15, 0.2) is 12.4 Å². The van der Waals surface area contributed by atoms with Gasteiger partial charge in [-0.2, -0.15) is 5.10 Å². The van der Waals surface area contributed by atoms with Gasteiger partial charge in [-0.05, 0) is 38.9 Å². The maximum Gasteiger partial charge on any atom is 0.0522 e. The molecule has 0 aliphatic heterocycles. The number of nitrogens with two attached hydrogens (primary N) is 1. The highest BCUT2D eigenvalue weighted by atomic mass is 15.2. The van der Waals surface area contributed by atoms with Crippen molar-refractivity contribution in [3.05, 3.63) is 18.0 Å². The molecule has 1 aromatic heterocycles. The predicted octanol–water partition coefficient (Wildman–Crippen LogP) is 1.16. The first-order valence-electron chi connectivity index (χ1n) is 6.45. The van der Waals surface area contributed by atoms with Crippen LogP contribution >= 0.6 is 0 Å². The Balaban J connectivity index is 2.09. The second kappa shape index (κ2) is 4.78. The molecule has 1 unspecified atom stereocenters. The van der Waals surface area contributed by atoms with E-state index in [2.05, 4.69) is 30.3 Å². The second-order valence-electron chi connectivity index (χ2n) is 5.54. The van der Waals surface area contributed by atoms with Crippen molar-refractivity contribution in [2.45, 2.75) is 43.7 Å². The summed E-state index contributed by atoms with van der Waals surface area (Å²) in [6.45, 7) is 0. The van der Waals surface area contributed by atoms with Crippen LogP contribution in [0.25, 0.3) is 0 Å². The molecule has 0 amide bonds. The zero-order valence-electron chi connectivity index (χ0n) is 11.2. The van der Waals surface area contributed by atoms with Crippen molar-refractivity contribution in [1.29, 1.82) is 0 Å². The SMILES string of the molecule is CN(C)C1(C(N)Cc2cnn(C)c2)CCCC1. The molecule has 2 rings (SSSR count). The van der Waals surface area contributed by atoms with Crippen molar-refractivity contribution in [1.82, 2.24) is 14.7 Å². The molecular formula is C13H24N4. The number of hydrogen-bond acceptors (Lipinski definition) is 3. The third kappa shape index (κ3) is 2.38. The van der Waals surface area contributed by atoms with Gasteiger partial charge in [0.1, 0.15) is 0 Å². The number of nitrogens with zero attached hydrogens (tertiary/aromatic N) is 3. The topological polar surface area (TPSA) is 47.1 Å². The van der Waals surface area contributed by atoms with Crippen molar-refractivity contribution in [3.8, 4) is 0 Å². The normalized spacial score (nSPS) is 21.0. The Morgan fingerprint density at radius 2 is 2.12 bits per heavy atom. The standard InChI is InChI=1S/C13H24N4/c1-16(2)13(6-4-5-7-13)12(14)8-11-9-15-17(3)10-11/h9-10,12H,4-8,14H2,1-3H3. The summed E-state index contributed by atoms with van der Waals surface area (Å²) in [6.07, 6.45) is 9.98. The molecule has 1 atom stereocenters. The first-order valence-corrected chi connectivity index (χ1v) is 6.45. The first-order chi connectivity index (χ1) is 8.04. The molecule has 1 saturated carbocycles. The fourth-order valence-electron chi connectivity index (χ4n) is 3.16. The maximum absolute atomic E-state index is 6.48. The van der Waals surface area contributed by atoms with Gasteiger partial charge in [0.2, 0.25) is 0 Å². The number of hydrogen-bond donors (Lipinski definition) is 1. The highest BCUT2D eigenvalue weighted by molar-refractivity contribution is 5.11. The van der Waals surface area contributed by atoms with E-state index in [-0.39, 0.29) is 11.6 Å². The van der Waals surface area contributed by atoms with Gasteiger partial charge in [-0.15, -0.1) is 0 Å². The van der Waals surface area contributed by atoms with Crippen LogP contribution in [0, 0.1) is 0 Å². The molecule has 1 fully saturated rings. The van der Waals surface area contributed by atoms with Gasteiger partial charge < -0.3 is 10.6 Å². The Labute approximate surface area is 104 Å². The van der Waals surface area contributed by atoms with Gasteiger partial charge in [-0.25, -0.2) is 0 Å². The molecule has 1 aliphatic rings. The van der Waals surface area contributed by atoms with Gasteiger partial charge in [0.15, 0.2) is 0 Å². The van der Waals surface area contributed by atoms with Crippen LogP contribution in [-0.4, -0.2) is 40.4 Å². The number of aryl methyl sites for hydroxylation is 1. The van der Waals surface area contributed by atoms with E-state index in [9.17, 15) is 0 Å². The molecule has 0 spiro atoms. The molecule has 96 valence electrons. The lowest BCUT2D eigenvalue weighted by Gasteiger charge is -2.41. The highest BCUT2D eigenvalue weighted by Crippen LogP contribution is 2.36. The smallest absolute Gasteiger partial charge is 0.0522 e. The summed E-state index contributed by atoms with van der Waals surface area (Å²) in [5.41, 5.74) is 7.91. The van der Waals surface area contributed by atoms with E-state index in [4.69, 9.17) is 5.73 Å². The zero-order valence-corrected chi connectivity index (χ0v) is 11.2. The molecule has 0 aromatic carbocycles. The molecule has 1 heterocycles. The van der Waals surface area contributed by atoms with E-state index >= 15 is 0 Å². The predicted molar refractivity (Wildman–Crippen MR) is 69.8 cm³/mol. The van der Waals surface area contributed by atoms with E-state index in [1.807, 2.05) is 17.9 Å². The Morgan fingerprint density at radius 3 is 2.59 bits per heavy atom. The number of rotatable bonds is 4. The van der Waals surface area contributed by atoms with Crippen molar-refractivity contribution in [2.75, 3.05) is 14.1 Å². The zero-order chi connectivity index (χ0) is 12.5. The third-order valence-corrected chi connectivity index (χ3v) is 4.26. The average molecular weight is 236 g/mol. The molecule has 4 heteroatoms. The van der Waals surface area contributed by atoms with Gasteiger partial charge in [-0.1, -0.05) is 12.8 Å². The largest absolute Gasteiger partial charge is 0.326 e. The third-order valence-electron chi connectivity index (χ3n) is 4.26. The van der Waals surface area contributed by atoms with Crippen LogP contribution in [0.1, 0.15) is 31.2 Å². The lowest BCUT2D eigenvalue weighted by atomic mass is 9.84. The van der Waals surface area contributed by atoms with E-state index in [1.165, 1.54) is 31.2 Å². The highest BCUT2D eigenvalue weighted by Gasteiger charge is 2.41. The number of aromatic nitrogens is 2. The van der Waals surface area contributed by atoms with Crippen molar-refractivity contribution in [3.63, 3.8) is 0 Å². The van der Waals surface area contributed by atoms with E-state index < -0.39 is 0 Å². The molecule has 2 N–H and O–H groups in total. The van der Waals surface area contributed by atoms with E-state index in [0.717, 1.165) is 6.42 Å². The summed E-state index contributed by atoms with van der Waals surface area (Å²) in [7, 11) is 6.27. The first kappa shape index (κ1) is 12.6. The lowest BCUT2D eigenvalue weighted by molar-refractivity contribution is 0.123. The van der Waals surface area contributed by atoms with Gasteiger partial charge >= 0.3 is 0 Å². The monoisotopic (exact) mass is 236 g/mol. The summed E-state index contributed by atoms with van der Waals surface area (Å²) in [5, 5.41) is 4.21. The maximum atomic E-state index is 6.48. The molecule has 4 nitrogen and oxygen atoms in total.